The van der Waals surface area contributed by atoms with E-state index in [0.717, 1.165) is 5.39 Å². The van der Waals surface area contributed by atoms with E-state index in [-0.39, 0.29) is 24.2 Å². The molecule has 5 heterocycles. The minimum Gasteiger partial charge on any atom is -0.467 e. The van der Waals surface area contributed by atoms with Crippen molar-refractivity contribution in [2.24, 2.45) is 13.0 Å². The summed E-state index contributed by atoms with van der Waals surface area (Å²) in [5.74, 6) is 0.876. The smallest absolute Gasteiger partial charge is 0.257 e. The summed E-state index contributed by atoms with van der Waals surface area (Å²) < 4.78 is 28.2. The molecule has 29 heavy (non-hydrogen) atoms. The maximum atomic E-state index is 9.62. The number of aromatic nitrogens is 5. The lowest BCUT2D eigenvalue weighted by atomic mass is 10.1. The quantitative estimate of drug-likeness (QED) is 0.694. The number of anilines is 2. The Hall–Kier alpha value is -3.16. The highest BCUT2D eigenvalue weighted by Gasteiger charge is 2.30. The monoisotopic (exact) mass is 396 g/mol. The number of nitriles is 1. The Morgan fingerprint density at radius 1 is 1.34 bits per heavy atom. The Labute approximate surface area is 168 Å². The molecule has 0 bridgehead atoms. The molecule has 1 N–H and O–H groups in total. The van der Waals surface area contributed by atoms with Crippen LogP contribution in [0.15, 0.2) is 18.4 Å². The highest BCUT2D eigenvalue weighted by molar-refractivity contribution is 5.79. The molecule has 0 radical (unpaired) electrons. The molecular weight excluding hydrogens is 374 g/mol. The van der Waals surface area contributed by atoms with Gasteiger partial charge in [0.2, 0.25) is 5.95 Å². The highest BCUT2D eigenvalue weighted by atomic mass is 16.6. The average Bonchev–Trinajstić information content (AvgIpc) is 3.35. The van der Waals surface area contributed by atoms with Crippen LogP contribution in [0.2, 0.25) is 0 Å². The number of hydrogen-bond acceptors (Lipinski definition) is 8. The summed E-state index contributed by atoms with van der Waals surface area (Å²) in [6, 6.07) is 4.07. The van der Waals surface area contributed by atoms with Crippen molar-refractivity contribution in [2.75, 3.05) is 31.7 Å². The lowest BCUT2D eigenvalue weighted by Crippen LogP contribution is -2.38. The van der Waals surface area contributed by atoms with Crippen molar-refractivity contribution in [2.45, 2.75) is 19.1 Å². The molecule has 0 unspecified atom stereocenters. The average molecular weight is 396 g/mol. The van der Waals surface area contributed by atoms with Gasteiger partial charge >= 0.3 is 0 Å². The summed E-state index contributed by atoms with van der Waals surface area (Å²) in [6.07, 6.45) is 1.74. The lowest BCUT2D eigenvalue weighted by molar-refractivity contribution is -0.0812. The third-order valence-electron chi connectivity index (χ3n) is 5.20. The first kappa shape index (κ1) is 16.8. The summed E-state index contributed by atoms with van der Waals surface area (Å²) in [5, 5.41) is 17.7. The summed E-state index contributed by atoms with van der Waals surface area (Å²) in [5.41, 5.74) is 1.56. The Morgan fingerprint density at radius 3 is 2.86 bits per heavy atom. The number of hydrogen-bond donors (Lipinski definition) is 1. The molecule has 10 nitrogen and oxygen atoms in total. The van der Waals surface area contributed by atoms with E-state index in [4.69, 9.17) is 15.6 Å². The molecule has 0 aromatic carbocycles. The van der Waals surface area contributed by atoms with Crippen LogP contribution in [0, 0.1) is 17.2 Å². The second-order valence-corrected chi connectivity index (χ2v) is 7.38. The van der Waals surface area contributed by atoms with Crippen LogP contribution in [-0.2, 0) is 16.5 Å². The first-order valence-electron chi connectivity index (χ1n) is 9.96. The molecule has 2 atom stereocenters. The van der Waals surface area contributed by atoms with Crippen molar-refractivity contribution in [3.8, 4) is 11.9 Å². The van der Waals surface area contributed by atoms with Crippen LogP contribution < -0.4 is 10.1 Å². The maximum Gasteiger partial charge on any atom is 0.257 e. The lowest BCUT2D eigenvalue weighted by Gasteiger charge is -2.25. The van der Waals surface area contributed by atoms with Gasteiger partial charge in [0.15, 0.2) is 0 Å². The second-order valence-electron chi connectivity index (χ2n) is 7.38. The van der Waals surface area contributed by atoms with Crippen LogP contribution in [0.3, 0.4) is 0 Å². The Morgan fingerprint density at radius 2 is 2.17 bits per heavy atom. The van der Waals surface area contributed by atoms with Gasteiger partial charge in [-0.3, -0.25) is 4.68 Å². The number of nitrogens with one attached hydrogen (secondary N) is 1. The molecule has 2 aliphatic heterocycles. The van der Waals surface area contributed by atoms with Crippen molar-refractivity contribution in [3.05, 3.63) is 24.1 Å². The van der Waals surface area contributed by atoms with Gasteiger partial charge in [-0.15, -0.1) is 5.10 Å². The predicted octanol–water partition coefficient (Wildman–Crippen LogP) is 1.77. The SMILES string of the molecule is [2H]c1c(Nc2ncc3cc(C#N)n([C@H]4COC[C@@H]4C)c3n2)c(OC2COC2)nn1C. The van der Waals surface area contributed by atoms with E-state index in [1.807, 2.05) is 4.57 Å². The zero-order chi connectivity index (χ0) is 20.8. The molecule has 3 aromatic heterocycles. The van der Waals surface area contributed by atoms with Crippen LogP contribution in [0.4, 0.5) is 11.6 Å². The second kappa shape index (κ2) is 7.02. The number of fused-ring (bicyclic) bond motifs is 1. The van der Waals surface area contributed by atoms with Crippen molar-refractivity contribution < 1.29 is 15.6 Å². The largest absolute Gasteiger partial charge is 0.467 e. The van der Waals surface area contributed by atoms with E-state index in [2.05, 4.69) is 33.4 Å². The van der Waals surface area contributed by atoms with E-state index in [0.29, 0.717) is 55.3 Å². The molecule has 0 amide bonds. The fourth-order valence-electron chi connectivity index (χ4n) is 3.61. The topological polar surface area (TPSA) is 112 Å². The summed E-state index contributed by atoms with van der Waals surface area (Å²) in [6.45, 7) is 4.28. The van der Waals surface area contributed by atoms with Gasteiger partial charge in [-0.1, -0.05) is 6.92 Å². The molecule has 10 heteroatoms. The molecule has 5 rings (SSSR count). The van der Waals surface area contributed by atoms with Gasteiger partial charge < -0.3 is 24.1 Å². The summed E-state index contributed by atoms with van der Waals surface area (Å²) in [7, 11) is 1.67. The van der Waals surface area contributed by atoms with Gasteiger partial charge in [-0.2, -0.15) is 10.2 Å². The molecule has 2 saturated heterocycles. The summed E-state index contributed by atoms with van der Waals surface area (Å²) >= 11 is 0. The Kier molecular flexibility index (Phi) is 4.06. The van der Waals surface area contributed by atoms with Crippen molar-refractivity contribution in [3.63, 3.8) is 0 Å². The third-order valence-corrected chi connectivity index (χ3v) is 5.20. The predicted molar refractivity (Wildman–Crippen MR) is 103 cm³/mol. The fraction of sp³-hybridized carbons (Fsp3) is 0.474. The standard InChI is InChI=1S/C19H21N7O3/c1-11-7-27-10-16(11)26-13(4-20)3-12-5-21-19(23-17(12)26)22-15-6-25(2)24-18(15)29-14-8-28-9-14/h3,5-6,11,14,16H,7-10H2,1-2H3,(H,21,22,23)/t11-,16-/m0/s1/i6D. The van der Waals surface area contributed by atoms with Crippen LogP contribution in [-0.4, -0.2) is 56.8 Å². The number of ether oxygens (including phenoxy) is 3. The molecule has 0 saturated carbocycles. The summed E-state index contributed by atoms with van der Waals surface area (Å²) in [4.78, 5) is 9.02. The first-order chi connectivity index (χ1) is 14.5. The van der Waals surface area contributed by atoms with Gasteiger partial charge in [0.1, 0.15) is 29.2 Å². The van der Waals surface area contributed by atoms with Crippen molar-refractivity contribution >= 4 is 22.7 Å². The zero-order valence-corrected chi connectivity index (χ0v) is 16.1. The molecule has 0 spiro atoms. The fourth-order valence-corrected chi connectivity index (χ4v) is 3.61. The molecule has 0 aliphatic carbocycles. The first-order valence-corrected chi connectivity index (χ1v) is 9.46. The molecule has 150 valence electrons. The number of nitrogens with zero attached hydrogens (tertiary/aromatic N) is 6. The highest BCUT2D eigenvalue weighted by Crippen LogP contribution is 2.32. The minimum atomic E-state index is -0.0810. The van der Waals surface area contributed by atoms with Gasteiger partial charge in [-0.05, 0) is 6.07 Å². The molecule has 3 aromatic rings. The zero-order valence-electron chi connectivity index (χ0n) is 17.1. The maximum absolute atomic E-state index is 9.62. The van der Waals surface area contributed by atoms with Crippen LogP contribution >= 0.6 is 0 Å². The van der Waals surface area contributed by atoms with E-state index < -0.39 is 0 Å². The molecular formula is C19H21N7O3. The van der Waals surface area contributed by atoms with Crippen molar-refractivity contribution in [1.29, 1.82) is 5.26 Å². The number of aryl methyl sites for hydroxylation is 1. The van der Waals surface area contributed by atoms with Gasteiger partial charge in [0, 0.05) is 24.5 Å². The van der Waals surface area contributed by atoms with Gasteiger partial charge in [0.05, 0.1) is 40.0 Å². The molecule has 2 aliphatic rings. The number of rotatable bonds is 5. The van der Waals surface area contributed by atoms with Crippen molar-refractivity contribution in [1.82, 2.24) is 24.3 Å². The van der Waals surface area contributed by atoms with Gasteiger partial charge in [-0.25, -0.2) is 4.98 Å². The van der Waals surface area contributed by atoms with E-state index in [1.54, 1.807) is 19.3 Å². The Bertz CT molecular complexity index is 1150. The third kappa shape index (κ3) is 3.18. The Balaban J connectivity index is 1.52. The van der Waals surface area contributed by atoms with E-state index in [9.17, 15) is 5.26 Å². The van der Waals surface area contributed by atoms with E-state index in [1.165, 1.54) is 4.68 Å². The van der Waals surface area contributed by atoms with Crippen LogP contribution in [0.1, 0.15) is 20.0 Å². The van der Waals surface area contributed by atoms with Crippen LogP contribution in [0.5, 0.6) is 5.88 Å². The van der Waals surface area contributed by atoms with Gasteiger partial charge in [0.25, 0.3) is 5.88 Å². The minimum absolute atomic E-state index is 0.0301. The molecule has 2 fully saturated rings. The van der Waals surface area contributed by atoms with Crippen LogP contribution in [0.25, 0.3) is 11.0 Å². The normalized spacial score (nSPS) is 22.3. The van der Waals surface area contributed by atoms with E-state index >= 15 is 0 Å².